The number of hydrogen-bond donors (Lipinski definition) is 1. The maximum atomic E-state index is 13.1. The normalized spacial score (nSPS) is 22.8. The van der Waals surface area contributed by atoms with Crippen LogP contribution in [0.25, 0.3) is 0 Å². The fourth-order valence-corrected chi connectivity index (χ4v) is 3.03. The van der Waals surface area contributed by atoms with E-state index in [9.17, 15) is 13.2 Å². The lowest BCUT2D eigenvalue weighted by Gasteiger charge is -2.37. The molecular formula is C15H21F3N2. The van der Waals surface area contributed by atoms with Crippen LogP contribution in [0.5, 0.6) is 0 Å². The number of hydrogen-bond acceptors (Lipinski definition) is 2. The summed E-state index contributed by atoms with van der Waals surface area (Å²) in [6.45, 7) is 3.97. The lowest BCUT2D eigenvalue weighted by atomic mass is 9.93. The average molecular weight is 286 g/mol. The summed E-state index contributed by atoms with van der Waals surface area (Å²) in [6.07, 6.45) is -2.17. The molecule has 1 fully saturated rings. The Morgan fingerprint density at radius 2 is 2.05 bits per heavy atom. The molecule has 1 aromatic carbocycles. The molecular weight excluding hydrogens is 265 g/mol. The Balaban J connectivity index is 2.32. The Hall–Kier alpha value is -1.07. The van der Waals surface area contributed by atoms with Gasteiger partial charge in [0.2, 0.25) is 0 Å². The summed E-state index contributed by atoms with van der Waals surface area (Å²) >= 11 is 0. The molecule has 20 heavy (non-hydrogen) atoms. The minimum Gasteiger partial charge on any atom is -0.329 e. The van der Waals surface area contributed by atoms with Gasteiger partial charge < -0.3 is 5.73 Å². The number of likely N-dealkylation sites (tertiary alicyclic amines) is 1. The van der Waals surface area contributed by atoms with E-state index in [0.717, 1.165) is 32.0 Å². The van der Waals surface area contributed by atoms with Crippen LogP contribution in [0, 0.1) is 5.92 Å². The topological polar surface area (TPSA) is 29.3 Å². The van der Waals surface area contributed by atoms with E-state index < -0.39 is 11.7 Å². The van der Waals surface area contributed by atoms with Crippen LogP contribution in [-0.2, 0) is 6.18 Å². The van der Waals surface area contributed by atoms with E-state index in [0.29, 0.717) is 11.5 Å². The Morgan fingerprint density at radius 1 is 1.35 bits per heavy atom. The minimum absolute atomic E-state index is 0.208. The number of benzene rings is 1. The SMILES string of the molecule is CC1CCCN(C(CN)c2ccccc2C(F)(F)F)C1. The highest BCUT2D eigenvalue weighted by molar-refractivity contribution is 5.32. The Labute approximate surface area is 117 Å². The van der Waals surface area contributed by atoms with E-state index in [1.54, 1.807) is 12.1 Å². The van der Waals surface area contributed by atoms with Crippen molar-refractivity contribution >= 4 is 0 Å². The Bertz CT molecular complexity index is 445. The summed E-state index contributed by atoms with van der Waals surface area (Å²) in [6, 6.07) is 5.43. The van der Waals surface area contributed by atoms with Crippen LogP contribution in [0.4, 0.5) is 13.2 Å². The molecule has 0 radical (unpaired) electrons. The number of nitrogens with zero attached hydrogens (tertiary/aromatic N) is 1. The monoisotopic (exact) mass is 286 g/mol. The number of rotatable bonds is 3. The average Bonchev–Trinajstić information content (AvgIpc) is 2.39. The van der Waals surface area contributed by atoms with Gasteiger partial charge in [0.15, 0.2) is 0 Å². The van der Waals surface area contributed by atoms with E-state index in [2.05, 4.69) is 11.8 Å². The smallest absolute Gasteiger partial charge is 0.329 e. The highest BCUT2D eigenvalue weighted by Crippen LogP contribution is 2.37. The van der Waals surface area contributed by atoms with Crippen molar-refractivity contribution in [1.82, 2.24) is 4.90 Å². The molecule has 5 heteroatoms. The summed E-state index contributed by atoms with van der Waals surface area (Å²) in [5.41, 5.74) is 5.53. The first-order chi connectivity index (χ1) is 9.43. The van der Waals surface area contributed by atoms with E-state index in [4.69, 9.17) is 5.73 Å². The van der Waals surface area contributed by atoms with Gasteiger partial charge in [-0.05, 0) is 36.9 Å². The highest BCUT2D eigenvalue weighted by Gasteiger charge is 2.36. The van der Waals surface area contributed by atoms with Gasteiger partial charge in [0.1, 0.15) is 0 Å². The largest absolute Gasteiger partial charge is 0.416 e. The molecule has 2 rings (SSSR count). The van der Waals surface area contributed by atoms with E-state index >= 15 is 0 Å². The molecule has 1 heterocycles. The summed E-state index contributed by atoms with van der Waals surface area (Å²) in [5, 5.41) is 0. The second kappa shape index (κ2) is 6.14. The molecule has 1 aromatic rings. The van der Waals surface area contributed by atoms with E-state index in [-0.39, 0.29) is 12.6 Å². The van der Waals surface area contributed by atoms with Gasteiger partial charge in [-0.15, -0.1) is 0 Å². The maximum Gasteiger partial charge on any atom is 0.416 e. The quantitative estimate of drug-likeness (QED) is 0.922. The first-order valence-electron chi connectivity index (χ1n) is 7.03. The molecule has 1 aliphatic rings. The van der Waals surface area contributed by atoms with Crippen molar-refractivity contribution in [3.8, 4) is 0 Å². The van der Waals surface area contributed by atoms with Crippen LogP contribution in [-0.4, -0.2) is 24.5 Å². The predicted octanol–water partition coefficient (Wildman–Crippen LogP) is 3.44. The van der Waals surface area contributed by atoms with Crippen molar-refractivity contribution in [3.63, 3.8) is 0 Å². The number of alkyl halides is 3. The van der Waals surface area contributed by atoms with Crippen molar-refractivity contribution in [3.05, 3.63) is 35.4 Å². The zero-order valence-electron chi connectivity index (χ0n) is 11.7. The number of nitrogens with two attached hydrogens (primary N) is 1. The zero-order valence-corrected chi connectivity index (χ0v) is 11.7. The molecule has 2 unspecified atom stereocenters. The Kier molecular flexibility index (Phi) is 4.70. The molecule has 0 spiro atoms. The van der Waals surface area contributed by atoms with Gasteiger partial charge in [-0.3, -0.25) is 4.90 Å². The van der Waals surface area contributed by atoms with Crippen molar-refractivity contribution in [2.45, 2.75) is 32.0 Å². The van der Waals surface area contributed by atoms with Crippen molar-refractivity contribution in [2.24, 2.45) is 11.7 Å². The third-order valence-electron chi connectivity index (χ3n) is 3.98. The molecule has 0 saturated carbocycles. The lowest BCUT2D eigenvalue weighted by Crippen LogP contribution is -2.41. The van der Waals surface area contributed by atoms with E-state index in [1.165, 1.54) is 6.07 Å². The van der Waals surface area contributed by atoms with Crippen LogP contribution in [0.15, 0.2) is 24.3 Å². The van der Waals surface area contributed by atoms with Crippen LogP contribution in [0.3, 0.4) is 0 Å². The molecule has 0 amide bonds. The molecule has 2 atom stereocenters. The van der Waals surface area contributed by atoms with Crippen LogP contribution < -0.4 is 5.73 Å². The van der Waals surface area contributed by atoms with Crippen LogP contribution in [0.2, 0.25) is 0 Å². The molecule has 1 aliphatic heterocycles. The molecule has 2 nitrogen and oxygen atoms in total. The molecule has 1 saturated heterocycles. The summed E-state index contributed by atoms with van der Waals surface area (Å²) in [5.74, 6) is 0.510. The second-order valence-electron chi connectivity index (χ2n) is 5.58. The second-order valence-corrected chi connectivity index (χ2v) is 5.58. The van der Waals surface area contributed by atoms with Crippen LogP contribution >= 0.6 is 0 Å². The lowest BCUT2D eigenvalue weighted by molar-refractivity contribution is -0.138. The first kappa shape index (κ1) is 15.3. The fourth-order valence-electron chi connectivity index (χ4n) is 3.03. The van der Waals surface area contributed by atoms with E-state index in [1.807, 2.05) is 0 Å². The number of piperidine rings is 1. The molecule has 2 N–H and O–H groups in total. The van der Waals surface area contributed by atoms with Gasteiger partial charge >= 0.3 is 6.18 Å². The summed E-state index contributed by atoms with van der Waals surface area (Å²) < 4.78 is 39.4. The predicted molar refractivity (Wildman–Crippen MR) is 73.2 cm³/mol. The zero-order chi connectivity index (χ0) is 14.8. The van der Waals surface area contributed by atoms with Crippen molar-refractivity contribution in [1.29, 1.82) is 0 Å². The molecule has 112 valence electrons. The maximum absolute atomic E-state index is 13.1. The van der Waals surface area contributed by atoms with Gasteiger partial charge in [0.05, 0.1) is 5.56 Å². The van der Waals surface area contributed by atoms with Crippen molar-refractivity contribution in [2.75, 3.05) is 19.6 Å². The Morgan fingerprint density at radius 3 is 2.65 bits per heavy atom. The van der Waals surface area contributed by atoms with Gasteiger partial charge in [0, 0.05) is 19.1 Å². The first-order valence-corrected chi connectivity index (χ1v) is 7.03. The van der Waals surface area contributed by atoms with Crippen molar-refractivity contribution < 1.29 is 13.2 Å². The summed E-state index contributed by atoms with van der Waals surface area (Å²) in [7, 11) is 0. The standard InChI is InChI=1S/C15H21F3N2/c1-11-5-4-8-20(10-11)14(9-19)12-6-2-3-7-13(12)15(16,17)18/h2-3,6-7,11,14H,4-5,8-10,19H2,1H3. The third kappa shape index (κ3) is 3.33. The van der Waals surface area contributed by atoms with Crippen LogP contribution in [0.1, 0.15) is 36.9 Å². The van der Waals surface area contributed by atoms with Gasteiger partial charge in [0.25, 0.3) is 0 Å². The highest BCUT2D eigenvalue weighted by atomic mass is 19.4. The number of halogens is 3. The molecule has 0 aliphatic carbocycles. The summed E-state index contributed by atoms with van der Waals surface area (Å²) in [4.78, 5) is 2.10. The van der Waals surface area contributed by atoms with Gasteiger partial charge in [-0.25, -0.2) is 0 Å². The van der Waals surface area contributed by atoms with Gasteiger partial charge in [-0.1, -0.05) is 25.1 Å². The minimum atomic E-state index is -4.33. The third-order valence-corrected chi connectivity index (χ3v) is 3.98. The molecule has 0 aromatic heterocycles. The molecule has 0 bridgehead atoms. The van der Waals surface area contributed by atoms with Gasteiger partial charge in [-0.2, -0.15) is 13.2 Å². The fraction of sp³-hybridized carbons (Fsp3) is 0.600.